The molecule has 6 nitrogen and oxygen atoms in total. The number of piperidine rings is 1. The number of ketones is 1. The van der Waals surface area contributed by atoms with Crippen LogP contribution in [0, 0.1) is 11.8 Å². The van der Waals surface area contributed by atoms with Gasteiger partial charge in [0.15, 0.2) is 5.78 Å². The van der Waals surface area contributed by atoms with E-state index in [0.717, 1.165) is 5.56 Å². The van der Waals surface area contributed by atoms with Gasteiger partial charge in [0.1, 0.15) is 11.8 Å². The van der Waals surface area contributed by atoms with Crippen LogP contribution >= 0.6 is 0 Å². The molecule has 0 aromatic heterocycles. The number of methoxy groups -OCH3 is 1. The first kappa shape index (κ1) is 23.5. The summed E-state index contributed by atoms with van der Waals surface area (Å²) >= 11 is 0. The molecular weight excluding hydrogens is 404 g/mol. The number of carbonyl (C=O) groups excluding carboxylic acids is 3. The van der Waals surface area contributed by atoms with Gasteiger partial charge in [0.2, 0.25) is 11.8 Å². The van der Waals surface area contributed by atoms with Gasteiger partial charge in [0.05, 0.1) is 7.11 Å². The van der Waals surface area contributed by atoms with Crippen LogP contribution in [-0.4, -0.2) is 42.7 Å². The first-order valence-corrected chi connectivity index (χ1v) is 11.2. The van der Waals surface area contributed by atoms with Gasteiger partial charge >= 0.3 is 0 Å². The Bertz CT molecular complexity index is 917. The minimum Gasteiger partial charge on any atom is -0.497 e. The third-order valence-electron chi connectivity index (χ3n) is 5.83. The van der Waals surface area contributed by atoms with Crippen LogP contribution in [0.2, 0.25) is 0 Å². The molecule has 170 valence electrons. The molecule has 1 saturated heterocycles. The smallest absolute Gasteiger partial charge is 0.249 e. The molecular formula is C26H32N2O4. The topological polar surface area (TPSA) is 75.7 Å². The molecule has 1 aliphatic heterocycles. The number of benzene rings is 2. The normalized spacial score (nSPS) is 15.3. The predicted octanol–water partition coefficient (Wildman–Crippen LogP) is 4.02. The SMILES string of the molecule is COc1ccc(C(=O)C2CCN(C(=O)C(NC(=O)CC(C)C)c3ccccc3)CC2)cc1. The predicted molar refractivity (Wildman–Crippen MR) is 123 cm³/mol. The lowest BCUT2D eigenvalue weighted by Gasteiger charge is -2.34. The van der Waals surface area contributed by atoms with E-state index in [2.05, 4.69) is 5.32 Å². The third-order valence-corrected chi connectivity index (χ3v) is 5.83. The highest BCUT2D eigenvalue weighted by Gasteiger charge is 2.32. The first-order chi connectivity index (χ1) is 15.4. The number of Topliss-reactive ketones (excluding diaryl/α,β-unsaturated/α-hetero) is 1. The number of nitrogens with zero attached hydrogens (tertiary/aromatic N) is 1. The van der Waals surface area contributed by atoms with E-state index >= 15 is 0 Å². The molecule has 1 heterocycles. The van der Waals surface area contributed by atoms with E-state index in [1.54, 1.807) is 36.3 Å². The maximum Gasteiger partial charge on any atom is 0.249 e. The van der Waals surface area contributed by atoms with Crippen LogP contribution in [0.25, 0.3) is 0 Å². The van der Waals surface area contributed by atoms with Crippen molar-refractivity contribution in [3.63, 3.8) is 0 Å². The Morgan fingerprint density at radius 2 is 1.62 bits per heavy atom. The molecule has 1 aliphatic rings. The first-order valence-electron chi connectivity index (χ1n) is 11.2. The van der Waals surface area contributed by atoms with Crippen molar-refractivity contribution in [1.82, 2.24) is 10.2 Å². The lowest BCUT2D eigenvalue weighted by atomic mass is 9.88. The standard InChI is InChI=1S/C26H32N2O4/c1-18(2)17-23(29)27-24(19-7-5-4-6-8-19)26(31)28-15-13-21(14-16-28)25(30)20-9-11-22(32-3)12-10-20/h4-12,18,21,24H,13-17H2,1-3H3,(H,27,29). The van der Waals surface area contributed by atoms with Gasteiger partial charge in [-0.2, -0.15) is 0 Å². The van der Waals surface area contributed by atoms with E-state index in [1.165, 1.54) is 0 Å². The van der Waals surface area contributed by atoms with Gasteiger partial charge < -0.3 is 15.0 Å². The van der Waals surface area contributed by atoms with Crippen molar-refractivity contribution in [2.75, 3.05) is 20.2 Å². The molecule has 0 saturated carbocycles. The molecule has 0 aliphatic carbocycles. The molecule has 0 spiro atoms. The highest BCUT2D eigenvalue weighted by Crippen LogP contribution is 2.25. The molecule has 2 aromatic carbocycles. The van der Waals surface area contributed by atoms with Crippen molar-refractivity contribution in [1.29, 1.82) is 0 Å². The maximum absolute atomic E-state index is 13.3. The Morgan fingerprint density at radius 3 is 2.19 bits per heavy atom. The zero-order valence-electron chi connectivity index (χ0n) is 19.0. The quantitative estimate of drug-likeness (QED) is 0.634. The number of ether oxygens (including phenoxy) is 1. The van der Waals surface area contributed by atoms with Gasteiger partial charge in [-0.25, -0.2) is 0 Å². The molecule has 1 unspecified atom stereocenters. The second kappa shape index (κ2) is 10.9. The van der Waals surface area contributed by atoms with Crippen molar-refractivity contribution >= 4 is 17.6 Å². The number of hydrogen-bond donors (Lipinski definition) is 1. The van der Waals surface area contributed by atoms with Crippen molar-refractivity contribution in [3.8, 4) is 5.75 Å². The van der Waals surface area contributed by atoms with Gasteiger partial charge in [-0.15, -0.1) is 0 Å². The summed E-state index contributed by atoms with van der Waals surface area (Å²) in [7, 11) is 1.59. The molecule has 32 heavy (non-hydrogen) atoms. The largest absolute Gasteiger partial charge is 0.497 e. The Balaban J connectivity index is 1.65. The average Bonchev–Trinajstić information content (AvgIpc) is 2.82. The van der Waals surface area contributed by atoms with Crippen molar-refractivity contribution in [3.05, 3.63) is 65.7 Å². The second-order valence-electron chi connectivity index (χ2n) is 8.70. The van der Waals surface area contributed by atoms with Crippen LogP contribution in [0.1, 0.15) is 55.1 Å². The fraction of sp³-hybridized carbons (Fsp3) is 0.423. The van der Waals surface area contributed by atoms with Crippen molar-refractivity contribution < 1.29 is 19.1 Å². The Labute approximate surface area is 189 Å². The minimum absolute atomic E-state index is 0.101. The monoisotopic (exact) mass is 436 g/mol. The average molecular weight is 437 g/mol. The summed E-state index contributed by atoms with van der Waals surface area (Å²) in [4.78, 5) is 40.4. The molecule has 2 aromatic rings. The summed E-state index contributed by atoms with van der Waals surface area (Å²) in [5.74, 6) is 0.660. The second-order valence-corrected chi connectivity index (χ2v) is 8.70. The van der Waals surface area contributed by atoms with E-state index in [0.29, 0.717) is 43.7 Å². The number of rotatable bonds is 8. The fourth-order valence-electron chi connectivity index (χ4n) is 4.06. The van der Waals surface area contributed by atoms with E-state index in [9.17, 15) is 14.4 Å². The molecule has 1 atom stereocenters. The minimum atomic E-state index is -0.712. The molecule has 1 N–H and O–H groups in total. The summed E-state index contributed by atoms with van der Waals surface area (Å²) in [6.07, 6.45) is 1.59. The number of hydrogen-bond acceptors (Lipinski definition) is 4. The molecule has 3 rings (SSSR count). The van der Waals surface area contributed by atoms with Crippen molar-refractivity contribution in [2.24, 2.45) is 11.8 Å². The summed E-state index contributed by atoms with van der Waals surface area (Å²) < 4.78 is 5.16. The number of nitrogens with one attached hydrogen (secondary N) is 1. The van der Waals surface area contributed by atoms with Gasteiger partial charge in [0.25, 0.3) is 0 Å². The van der Waals surface area contributed by atoms with Gasteiger partial charge in [0, 0.05) is 31.0 Å². The number of carbonyl (C=O) groups is 3. The third kappa shape index (κ3) is 5.96. The van der Waals surface area contributed by atoms with Gasteiger partial charge in [-0.05, 0) is 48.6 Å². The lowest BCUT2D eigenvalue weighted by Crippen LogP contribution is -2.47. The van der Waals surface area contributed by atoms with E-state index in [4.69, 9.17) is 4.74 Å². The number of likely N-dealkylation sites (tertiary alicyclic amines) is 1. The maximum atomic E-state index is 13.3. The van der Waals surface area contributed by atoms with E-state index in [-0.39, 0.29) is 29.4 Å². The Morgan fingerprint density at radius 1 is 1.00 bits per heavy atom. The van der Waals surface area contributed by atoms with Crippen LogP contribution in [0.4, 0.5) is 0 Å². The summed E-state index contributed by atoms with van der Waals surface area (Å²) in [5, 5.41) is 2.92. The zero-order valence-corrected chi connectivity index (χ0v) is 19.0. The van der Waals surface area contributed by atoms with E-state index in [1.807, 2.05) is 44.2 Å². The summed E-state index contributed by atoms with van der Waals surface area (Å²) in [5.41, 5.74) is 1.43. The molecule has 2 amide bonds. The zero-order chi connectivity index (χ0) is 23.1. The molecule has 1 fully saturated rings. The molecule has 0 bridgehead atoms. The van der Waals surface area contributed by atoms with Crippen LogP contribution in [0.15, 0.2) is 54.6 Å². The molecule has 6 heteroatoms. The van der Waals surface area contributed by atoms with Crippen LogP contribution in [0.5, 0.6) is 5.75 Å². The Hall–Kier alpha value is -3.15. The highest BCUT2D eigenvalue weighted by molar-refractivity contribution is 5.98. The Kier molecular flexibility index (Phi) is 8.03. The van der Waals surface area contributed by atoms with Crippen LogP contribution < -0.4 is 10.1 Å². The van der Waals surface area contributed by atoms with Crippen LogP contribution in [0.3, 0.4) is 0 Å². The number of amides is 2. The van der Waals surface area contributed by atoms with Crippen LogP contribution in [-0.2, 0) is 9.59 Å². The molecule has 0 radical (unpaired) electrons. The summed E-state index contributed by atoms with van der Waals surface area (Å²) in [6.45, 7) is 4.94. The fourth-order valence-corrected chi connectivity index (χ4v) is 4.06. The van der Waals surface area contributed by atoms with Gasteiger partial charge in [-0.1, -0.05) is 44.2 Å². The summed E-state index contributed by atoms with van der Waals surface area (Å²) in [6, 6.07) is 15.8. The highest BCUT2D eigenvalue weighted by atomic mass is 16.5. The van der Waals surface area contributed by atoms with Crippen molar-refractivity contribution in [2.45, 2.75) is 39.2 Å². The lowest BCUT2D eigenvalue weighted by molar-refractivity contribution is -0.137. The van der Waals surface area contributed by atoms with Gasteiger partial charge in [-0.3, -0.25) is 14.4 Å². The van der Waals surface area contributed by atoms with E-state index < -0.39 is 6.04 Å².